The SMILES string of the molecule is O=C(Nc1ccc(Cn2cnc(C(=O)Nc3cccc(F)c3)c2)cc1)c1cccc(F)c1. The number of halogens is 2. The molecule has 0 bridgehead atoms. The Morgan fingerprint density at radius 3 is 2.22 bits per heavy atom. The molecule has 0 saturated heterocycles. The second-order valence-corrected chi connectivity index (χ2v) is 7.06. The molecule has 4 aromatic rings. The molecule has 0 fully saturated rings. The summed E-state index contributed by atoms with van der Waals surface area (Å²) in [5.74, 6) is -1.76. The number of nitrogens with one attached hydrogen (secondary N) is 2. The minimum Gasteiger partial charge on any atom is -0.332 e. The fraction of sp³-hybridized carbons (Fsp3) is 0.0417. The van der Waals surface area contributed by atoms with Crippen molar-refractivity contribution in [1.82, 2.24) is 9.55 Å². The monoisotopic (exact) mass is 432 g/mol. The highest BCUT2D eigenvalue weighted by Crippen LogP contribution is 2.14. The molecule has 1 heterocycles. The minimum absolute atomic E-state index is 0.202. The van der Waals surface area contributed by atoms with Crippen LogP contribution in [0, 0.1) is 11.6 Å². The van der Waals surface area contributed by atoms with Crippen molar-refractivity contribution < 1.29 is 18.4 Å². The third-order valence-electron chi connectivity index (χ3n) is 4.61. The van der Waals surface area contributed by atoms with Crippen LogP contribution in [0.2, 0.25) is 0 Å². The second kappa shape index (κ2) is 9.22. The van der Waals surface area contributed by atoms with Crippen molar-refractivity contribution in [2.24, 2.45) is 0 Å². The van der Waals surface area contributed by atoms with Gasteiger partial charge in [-0.15, -0.1) is 0 Å². The average molecular weight is 432 g/mol. The lowest BCUT2D eigenvalue weighted by Crippen LogP contribution is -2.12. The summed E-state index contributed by atoms with van der Waals surface area (Å²) in [6.45, 7) is 0.457. The summed E-state index contributed by atoms with van der Waals surface area (Å²) in [4.78, 5) is 28.6. The van der Waals surface area contributed by atoms with Crippen LogP contribution < -0.4 is 10.6 Å². The molecule has 8 heteroatoms. The third kappa shape index (κ3) is 5.23. The predicted octanol–water partition coefficient (Wildman–Crippen LogP) is 4.71. The quantitative estimate of drug-likeness (QED) is 0.463. The number of imidazole rings is 1. The molecule has 2 N–H and O–H groups in total. The number of benzene rings is 3. The molecule has 4 rings (SSSR count). The summed E-state index contributed by atoms with van der Waals surface area (Å²) < 4.78 is 28.3. The molecule has 0 spiro atoms. The molecule has 3 aromatic carbocycles. The Morgan fingerprint density at radius 2 is 1.50 bits per heavy atom. The van der Waals surface area contributed by atoms with Gasteiger partial charge < -0.3 is 15.2 Å². The van der Waals surface area contributed by atoms with Crippen LogP contribution in [-0.2, 0) is 6.54 Å². The summed E-state index contributed by atoms with van der Waals surface area (Å²) in [6, 6.07) is 18.2. The summed E-state index contributed by atoms with van der Waals surface area (Å²) in [5.41, 5.74) is 2.28. The van der Waals surface area contributed by atoms with Crippen molar-refractivity contribution in [3.63, 3.8) is 0 Å². The van der Waals surface area contributed by atoms with E-state index in [0.717, 1.165) is 5.56 Å². The van der Waals surface area contributed by atoms with Gasteiger partial charge in [0.2, 0.25) is 0 Å². The fourth-order valence-electron chi connectivity index (χ4n) is 3.06. The van der Waals surface area contributed by atoms with E-state index in [-0.39, 0.29) is 11.3 Å². The normalized spacial score (nSPS) is 10.6. The first kappa shape index (κ1) is 20.9. The zero-order valence-electron chi connectivity index (χ0n) is 16.8. The van der Waals surface area contributed by atoms with Gasteiger partial charge in [0.05, 0.1) is 6.33 Å². The van der Waals surface area contributed by atoms with Crippen molar-refractivity contribution in [1.29, 1.82) is 0 Å². The number of aromatic nitrogens is 2. The maximum atomic E-state index is 13.3. The first-order chi connectivity index (χ1) is 15.5. The van der Waals surface area contributed by atoms with Crippen LogP contribution in [0.25, 0.3) is 0 Å². The van der Waals surface area contributed by atoms with Crippen molar-refractivity contribution in [2.75, 3.05) is 10.6 Å². The van der Waals surface area contributed by atoms with Crippen molar-refractivity contribution in [3.05, 3.63) is 114 Å². The Bertz CT molecular complexity index is 1270. The Labute approximate surface area is 182 Å². The largest absolute Gasteiger partial charge is 0.332 e. The number of nitrogens with zero attached hydrogens (tertiary/aromatic N) is 2. The van der Waals surface area contributed by atoms with Gasteiger partial charge in [-0.2, -0.15) is 0 Å². The van der Waals surface area contributed by atoms with E-state index in [2.05, 4.69) is 15.6 Å². The summed E-state index contributed by atoms with van der Waals surface area (Å²) in [7, 11) is 0. The van der Waals surface area contributed by atoms with Gasteiger partial charge in [0.1, 0.15) is 17.3 Å². The molecule has 1 aromatic heterocycles. The van der Waals surface area contributed by atoms with Gasteiger partial charge >= 0.3 is 0 Å². The minimum atomic E-state index is -0.475. The van der Waals surface area contributed by atoms with Gasteiger partial charge in [0.15, 0.2) is 0 Å². The van der Waals surface area contributed by atoms with Crippen LogP contribution >= 0.6 is 0 Å². The van der Waals surface area contributed by atoms with Gasteiger partial charge in [-0.1, -0.05) is 24.3 Å². The van der Waals surface area contributed by atoms with Gasteiger partial charge in [-0.25, -0.2) is 13.8 Å². The number of anilines is 2. The zero-order valence-corrected chi connectivity index (χ0v) is 16.8. The molecular weight excluding hydrogens is 414 g/mol. The number of hydrogen-bond donors (Lipinski definition) is 2. The molecule has 6 nitrogen and oxygen atoms in total. The smallest absolute Gasteiger partial charge is 0.275 e. The van der Waals surface area contributed by atoms with Gasteiger partial charge in [-0.3, -0.25) is 9.59 Å². The summed E-state index contributed by atoms with van der Waals surface area (Å²) in [6.07, 6.45) is 3.12. The predicted molar refractivity (Wildman–Crippen MR) is 116 cm³/mol. The Kier molecular flexibility index (Phi) is 6.03. The number of amides is 2. The highest BCUT2D eigenvalue weighted by atomic mass is 19.1. The van der Waals surface area contributed by atoms with E-state index in [1.165, 1.54) is 48.8 Å². The average Bonchev–Trinajstić information content (AvgIpc) is 3.24. The van der Waals surface area contributed by atoms with Crippen LogP contribution in [0.15, 0.2) is 85.3 Å². The van der Waals surface area contributed by atoms with Crippen LogP contribution in [0.5, 0.6) is 0 Å². The molecule has 0 aliphatic carbocycles. The maximum absolute atomic E-state index is 13.3. The fourth-order valence-corrected chi connectivity index (χ4v) is 3.06. The van der Waals surface area contributed by atoms with E-state index in [1.807, 2.05) is 12.1 Å². The standard InChI is InChI=1S/C24H18F2N4O2/c25-18-4-1-3-17(11-18)23(31)28-20-9-7-16(8-10-20)13-30-14-22(27-15-30)24(32)29-21-6-2-5-19(26)12-21/h1-12,14-15H,13H2,(H,28,31)(H,29,32). The molecule has 32 heavy (non-hydrogen) atoms. The van der Waals surface area contributed by atoms with Gasteiger partial charge in [-0.05, 0) is 54.1 Å². The van der Waals surface area contributed by atoms with E-state index in [9.17, 15) is 18.4 Å². The highest BCUT2D eigenvalue weighted by molar-refractivity contribution is 6.04. The number of hydrogen-bond acceptors (Lipinski definition) is 3. The van der Waals surface area contributed by atoms with E-state index in [4.69, 9.17) is 0 Å². The zero-order chi connectivity index (χ0) is 22.5. The molecule has 0 unspecified atom stereocenters. The van der Waals surface area contributed by atoms with E-state index in [0.29, 0.717) is 17.9 Å². The van der Waals surface area contributed by atoms with E-state index in [1.54, 1.807) is 29.0 Å². The number of rotatable bonds is 6. The van der Waals surface area contributed by atoms with E-state index >= 15 is 0 Å². The van der Waals surface area contributed by atoms with Crippen LogP contribution in [0.1, 0.15) is 26.4 Å². The summed E-state index contributed by atoms with van der Waals surface area (Å²) in [5, 5.41) is 5.32. The Morgan fingerprint density at radius 1 is 0.812 bits per heavy atom. The first-order valence-corrected chi connectivity index (χ1v) is 9.71. The van der Waals surface area contributed by atoms with Gasteiger partial charge in [0.25, 0.3) is 11.8 Å². The highest BCUT2D eigenvalue weighted by Gasteiger charge is 2.11. The van der Waals surface area contributed by atoms with Crippen molar-refractivity contribution in [2.45, 2.75) is 6.54 Å². The molecule has 0 aliphatic heterocycles. The Balaban J connectivity index is 1.36. The lowest BCUT2D eigenvalue weighted by molar-refractivity contribution is 0.101. The molecule has 0 radical (unpaired) electrons. The number of carbonyl (C=O) groups excluding carboxylic acids is 2. The summed E-state index contributed by atoms with van der Waals surface area (Å²) >= 11 is 0. The molecule has 160 valence electrons. The van der Waals surface area contributed by atoms with Crippen molar-refractivity contribution >= 4 is 23.2 Å². The third-order valence-corrected chi connectivity index (χ3v) is 4.61. The molecule has 0 aliphatic rings. The number of carbonyl (C=O) groups is 2. The topological polar surface area (TPSA) is 76.0 Å². The van der Waals surface area contributed by atoms with Crippen LogP contribution in [0.3, 0.4) is 0 Å². The second-order valence-electron chi connectivity index (χ2n) is 7.06. The van der Waals surface area contributed by atoms with Crippen molar-refractivity contribution in [3.8, 4) is 0 Å². The van der Waals surface area contributed by atoms with Crippen LogP contribution in [-0.4, -0.2) is 21.4 Å². The first-order valence-electron chi connectivity index (χ1n) is 9.71. The molecule has 2 amide bonds. The lowest BCUT2D eigenvalue weighted by Gasteiger charge is -2.07. The Hall–Kier alpha value is -4.33. The van der Waals surface area contributed by atoms with E-state index < -0.39 is 23.4 Å². The van der Waals surface area contributed by atoms with Crippen LogP contribution in [0.4, 0.5) is 20.2 Å². The lowest BCUT2D eigenvalue weighted by atomic mass is 10.1. The molecular formula is C24H18F2N4O2. The molecule has 0 saturated carbocycles. The van der Waals surface area contributed by atoms with Gasteiger partial charge in [0, 0.05) is 29.7 Å². The maximum Gasteiger partial charge on any atom is 0.275 e. The molecule has 0 atom stereocenters.